The van der Waals surface area contributed by atoms with Gasteiger partial charge < -0.3 is 20.1 Å². The number of aromatic nitrogens is 1. The summed E-state index contributed by atoms with van der Waals surface area (Å²) in [5, 5.41) is 14.0. The van der Waals surface area contributed by atoms with Crippen LogP contribution in [0.25, 0.3) is 0 Å². The second-order valence-electron chi connectivity index (χ2n) is 10.7. The lowest BCUT2D eigenvalue weighted by molar-refractivity contribution is -0.122. The van der Waals surface area contributed by atoms with E-state index in [0.29, 0.717) is 17.8 Å². The van der Waals surface area contributed by atoms with Crippen molar-refractivity contribution in [3.63, 3.8) is 0 Å². The van der Waals surface area contributed by atoms with Crippen LogP contribution in [0.5, 0.6) is 0 Å². The van der Waals surface area contributed by atoms with Gasteiger partial charge in [-0.1, -0.05) is 24.6 Å². The number of aliphatic hydroxyl groups is 1. The zero-order chi connectivity index (χ0) is 25.2. The number of carbonyl (C=O) groups excluding carboxylic acids is 2. The average molecular weight is 481 g/mol. The Hall–Kier alpha value is -2.97. The number of pyridine rings is 1. The Morgan fingerprint density at radius 3 is 2.54 bits per heavy atom. The summed E-state index contributed by atoms with van der Waals surface area (Å²) in [6, 6.07) is 11.0. The molecule has 1 atom stereocenters. The molecule has 4 rings (SSSR count). The SMILES string of the molecule is Cc1cccnc1CN1CCCC[C@@H]1C(=O)Nc1ccc(C2(O)CN(C(=O)OC(C)(C)C)C2)cc1. The number of amides is 2. The molecule has 35 heavy (non-hydrogen) atoms. The molecule has 0 spiro atoms. The molecule has 2 fully saturated rings. The fraction of sp³-hybridized carbons (Fsp3) is 0.519. The van der Waals surface area contributed by atoms with Crippen molar-refractivity contribution in [1.82, 2.24) is 14.8 Å². The van der Waals surface area contributed by atoms with Crippen LogP contribution in [0.4, 0.5) is 10.5 Å². The molecule has 0 unspecified atom stereocenters. The monoisotopic (exact) mass is 480 g/mol. The lowest BCUT2D eigenvalue weighted by Crippen LogP contribution is -2.61. The number of hydrogen-bond acceptors (Lipinski definition) is 6. The first-order valence-corrected chi connectivity index (χ1v) is 12.3. The van der Waals surface area contributed by atoms with Crippen molar-refractivity contribution in [2.75, 3.05) is 25.0 Å². The normalized spacial score (nSPS) is 20.1. The molecule has 1 aromatic carbocycles. The maximum atomic E-state index is 13.2. The number of carbonyl (C=O) groups is 2. The highest BCUT2D eigenvalue weighted by Gasteiger charge is 2.46. The Bertz CT molecular complexity index is 1060. The minimum atomic E-state index is -1.11. The minimum Gasteiger partial charge on any atom is -0.444 e. The summed E-state index contributed by atoms with van der Waals surface area (Å²) >= 11 is 0. The van der Waals surface area contributed by atoms with Gasteiger partial charge in [0, 0.05) is 18.4 Å². The van der Waals surface area contributed by atoms with Crippen LogP contribution >= 0.6 is 0 Å². The third-order valence-corrected chi connectivity index (χ3v) is 6.63. The molecule has 8 nitrogen and oxygen atoms in total. The van der Waals surface area contributed by atoms with E-state index in [4.69, 9.17) is 4.74 Å². The van der Waals surface area contributed by atoms with Crippen LogP contribution in [-0.4, -0.2) is 63.2 Å². The summed E-state index contributed by atoms with van der Waals surface area (Å²) < 4.78 is 5.36. The molecule has 2 aliphatic rings. The van der Waals surface area contributed by atoms with Crippen molar-refractivity contribution in [3.05, 3.63) is 59.4 Å². The summed E-state index contributed by atoms with van der Waals surface area (Å²) in [5.41, 5.74) is 1.85. The van der Waals surface area contributed by atoms with Gasteiger partial charge in [-0.25, -0.2) is 4.79 Å². The lowest BCUT2D eigenvalue weighted by atomic mass is 9.86. The Morgan fingerprint density at radius 1 is 1.17 bits per heavy atom. The number of rotatable bonds is 5. The first kappa shape index (κ1) is 25.1. The van der Waals surface area contributed by atoms with E-state index in [1.807, 2.05) is 39.8 Å². The molecule has 2 aromatic rings. The second-order valence-corrected chi connectivity index (χ2v) is 10.7. The number of hydrogen-bond donors (Lipinski definition) is 2. The molecule has 1 aromatic heterocycles. The Balaban J connectivity index is 1.35. The highest BCUT2D eigenvalue weighted by Crippen LogP contribution is 2.33. The molecule has 2 N–H and O–H groups in total. The Labute approximate surface area is 207 Å². The van der Waals surface area contributed by atoms with Crippen LogP contribution in [0.2, 0.25) is 0 Å². The van der Waals surface area contributed by atoms with Crippen LogP contribution in [-0.2, 0) is 21.7 Å². The summed E-state index contributed by atoms with van der Waals surface area (Å²) in [5.74, 6) is -0.0236. The molecule has 188 valence electrons. The van der Waals surface area contributed by atoms with Gasteiger partial charge in [0.05, 0.1) is 24.8 Å². The standard InChI is InChI=1S/C27H36N4O4/c1-19-8-7-14-28-22(19)16-30-15-6-5-9-23(30)24(32)29-21-12-10-20(11-13-21)27(34)17-31(18-27)25(33)35-26(2,3)4/h7-8,10-14,23,34H,5-6,9,15-18H2,1-4H3,(H,29,32)/t23-/m1/s1. The third-order valence-electron chi connectivity index (χ3n) is 6.63. The van der Waals surface area contributed by atoms with Gasteiger partial charge in [0.25, 0.3) is 0 Å². The van der Waals surface area contributed by atoms with Crippen molar-refractivity contribution < 1.29 is 19.4 Å². The van der Waals surface area contributed by atoms with E-state index >= 15 is 0 Å². The summed E-state index contributed by atoms with van der Waals surface area (Å²) in [6.07, 6.45) is 4.28. The van der Waals surface area contributed by atoms with Gasteiger partial charge in [0.1, 0.15) is 11.2 Å². The zero-order valence-corrected chi connectivity index (χ0v) is 21.1. The first-order chi connectivity index (χ1) is 16.5. The van der Waals surface area contributed by atoms with Crippen LogP contribution in [0.15, 0.2) is 42.6 Å². The molecule has 0 aliphatic carbocycles. The highest BCUT2D eigenvalue weighted by atomic mass is 16.6. The largest absolute Gasteiger partial charge is 0.444 e. The maximum Gasteiger partial charge on any atom is 0.410 e. The molecule has 0 radical (unpaired) electrons. The van der Waals surface area contributed by atoms with E-state index in [1.54, 1.807) is 30.5 Å². The van der Waals surface area contributed by atoms with Gasteiger partial charge in [0.15, 0.2) is 0 Å². The number of aryl methyl sites for hydroxylation is 1. The van der Waals surface area contributed by atoms with E-state index in [0.717, 1.165) is 37.1 Å². The van der Waals surface area contributed by atoms with E-state index in [-0.39, 0.29) is 25.0 Å². The fourth-order valence-electron chi connectivity index (χ4n) is 4.67. The molecule has 0 saturated carbocycles. The van der Waals surface area contributed by atoms with Gasteiger partial charge in [-0.3, -0.25) is 14.7 Å². The quantitative estimate of drug-likeness (QED) is 0.676. The lowest BCUT2D eigenvalue weighted by Gasteiger charge is -2.46. The van der Waals surface area contributed by atoms with Gasteiger partial charge >= 0.3 is 6.09 Å². The Kier molecular flexibility index (Phi) is 7.15. The van der Waals surface area contributed by atoms with E-state index in [1.165, 1.54) is 4.90 Å². The summed E-state index contributed by atoms with van der Waals surface area (Å²) in [7, 11) is 0. The van der Waals surface area contributed by atoms with Crippen LogP contribution in [0.3, 0.4) is 0 Å². The van der Waals surface area contributed by atoms with Crippen molar-refractivity contribution in [2.45, 2.75) is 70.7 Å². The number of β-amino-alcohol motifs (C(OH)–C–C–N with tert-alkyl or cyclic N) is 1. The van der Waals surface area contributed by atoms with Crippen molar-refractivity contribution in [3.8, 4) is 0 Å². The van der Waals surface area contributed by atoms with Crippen molar-refractivity contribution in [1.29, 1.82) is 0 Å². The van der Waals surface area contributed by atoms with Gasteiger partial charge in [-0.15, -0.1) is 0 Å². The molecule has 2 aliphatic heterocycles. The number of ether oxygens (including phenoxy) is 1. The van der Waals surface area contributed by atoms with E-state index < -0.39 is 17.3 Å². The average Bonchev–Trinajstić information content (AvgIpc) is 2.78. The number of piperidine rings is 1. The second kappa shape index (κ2) is 9.95. The smallest absolute Gasteiger partial charge is 0.410 e. The summed E-state index contributed by atoms with van der Waals surface area (Å²) in [4.78, 5) is 33.5. The molecule has 2 amide bonds. The fourth-order valence-corrected chi connectivity index (χ4v) is 4.67. The molecule has 2 saturated heterocycles. The molecular formula is C27H36N4O4. The number of anilines is 1. The number of benzene rings is 1. The number of likely N-dealkylation sites (tertiary alicyclic amines) is 2. The van der Waals surface area contributed by atoms with Gasteiger partial charge in [-0.05, 0) is 76.4 Å². The Morgan fingerprint density at radius 2 is 1.89 bits per heavy atom. The third kappa shape index (κ3) is 6.00. The van der Waals surface area contributed by atoms with Crippen LogP contribution < -0.4 is 5.32 Å². The first-order valence-electron chi connectivity index (χ1n) is 12.3. The van der Waals surface area contributed by atoms with E-state index in [9.17, 15) is 14.7 Å². The molecule has 0 bridgehead atoms. The van der Waals surface area contributed by atoms with Gasteiger partial charge in [-0.2, -0.15) is 0 Å². The molecule has 3 heterocycles. The predicted octanol–water partition coefficient (Wildman–Crippen LogP) is 3.82. The molecular weight excluding hydrogens is 444 g/mol. The number of nitrogens with one attached hydrogen (secondary N) is 1. The maximum absolute atomic E-state index is 13.2. The topological polar surface area (TPSA) is 95.0 Å². The van der Waals surface area contributed by atoms with Crippen LogP contribution in [0, 0.1) is 6.92 Å². The van der Waals surface area contributed by atoms with Crippen molar-refractivity contribution in [2.24, 2.45) is 0 Å². The minimum absolute atomic E-state index is 0.0236. The summed E-state index contributed by atoms with van der Waals surface area (Å²) in [6.45, 7) is 9.38. The predicted molar refractivity (Wildman–Crippen MR) is 134 cm³/mol. The van der Waals surface area contributed by atoms with E-state index in [2.05, 4.69) is 15.2 Å². The van der Waals surface area contributed by atoms with Crippen molar-refractivity contribution >= 4 is 17.7 Å². The van der Waals surface area contributed by atoms with Gasteiger partial charge in [0.2, 0.25) is 5.91 Å². The molecule has 8 heteroatoms. The van der Waals surface area contributed by atoms with Crippen LogP contribution in [0.1, 0.15) is 56.9 Å². The zero-order valence-electron chi connectivity index (χ0n) is 21.1. The number of nitrogens with zero attached hydrogens (tertiary/aromatic N) is 3. The highest BCUT2D eigenvalue weighted by molar-refractivity contribution is 5.94.